The number of aliphatic carboxylic acids is 2. The highest BCUT2D eigenvalue weighted by molar-refractivity contribution is 8.00. The summed E-state index contributed by atoms with van der Waals surface area (Å²) in [7, 11) is 0. The van der Waals surface area contributed by atoms with Crippen LogP contribution in [-0.4, -0.2) is 44.4 Å². The molecular formula is C22H40O5S. The van der Waals surface area contributed by atoms with Crippen molar-refractivity contribution in [3.05, 3.63) is 12.2 Å². The van der Waals surface area contributed by atoms with Gasteiger partial charge in [0.2, 0.25) is 0 Å². The van der Waals surface area contributed by atoms with E-state index >= 15 is 0 Å². The topological polar surface area (TPSA) is 94.8 Å². The van der Waals surface area contributed by atoms with E-state index in [4.69, 9.17) is 10.2 Å². The van der Waals surface area contributed by atoms with Gasteiger partial charge in [-0.2, -0.15) is 11.8 Å². The fourth-order valence-corrected chi connectivity index (χ4v) is 4.15. The molecule has 3 N–H and O–H groups in total. The summed E-state index contributed by atoms with van der Waals surface area (Å²) in [5.74, 6) is -1.26. The van der Waals surface area contributed by atoms with Gasteiger partial charge in [-0.05, 0) is 25.7 Å². The van der Waals surface area contributed by atoms with Crippen molar-refractivity contribution in [2.75, 3.05) is 5.75 Å². The quantitative estimate of drug-likeness (QED) is 0.175. The number of aliphatic hydroxyl groups is 1. The second kappa shape index (κ2) is 19.3. The van der Waals surface area contributed by atoms with Gasteiger partial charge in [0, 0.05) is 17.4 Å². The zero-order valence-corrected chi connectivity index (χ0v) is 18.3. The molecule has 0 saturated heterocycles. The highest BCUT2D eigenvalue weighted by Crippen LogP contribution is 2.22. The predicted molar refractivity (Wildman–Crippen MR) is 117 cm³/mol. The molecule has 5 nitrogen and oxygen atoms in total. The van der Waals surface area contributed by atoms with Crippen molar-refractivity contribution < 1.29 is 24.9 Å². The van der Waals surface area contributed by atoms with Gasteiger partial charge in [0.15, 0.2) is 0 Å². The number of allylic oxidation sites excluding steroid dienone is 1. The first-order chi connectivity index (χ1) is 13.5. The number of rotatable bonds is 20. The molecule has 0 rings (SSSR count). The van der Waals surface area contributed by atoms with Crippen molar-refractivity contribution in [2.45, 2.75) is 108 Å². The van der Waals surface area contributed by atoms with Crippen LogP contribution >= 0.6 is 11.8 Å². The molecule has 28 heavy (non-hydrogen) atoms. The summed E-state index contributed by atoms with van der Waals surface area (Å²) in [6.45, 7) is 2.23. The Balaban J connectivity index is 4.05. The molecule has 0 aliphatic rings. The van der Waals surface area contributed by atoms with E-state index < -0.39 is 18.0 Å². The second-order valence-corrected chi connectivity index (χ2v) is 8.66. The molecule has 0 amide bonds. The van der Waals surface area contributed by atoms with Gasteiger partial charge < -0.3 is 15.3 Å². The van der Waals surface area contributed by atoms with Crippen LogP contribution in [0, 0.1) is 0 Å². The van der Waals surface area contributed by atoms with Crippen LogP contribution in [0.5, 0.6) is 0 Å². The van der Waals surface area contributed by atoms with Gasteiger partial charge in [0.25, 0.3) is 0 Å². The number of carboxylic acid groups (broad SMARTS) is 2. The Bertz CT molecular complexity index is 425. The van der Waals surface area contributed by atoms with Crippen molar-refractivity contribution in [2.24, 2.45) is 0 Å². The van der Waals surface area contributed by atoms with E-state index in [9.17, 15) is 14.7 Å². The zero-order chi connectivity index (χ0) is 21.0. The number of carboxylic acids is 2. The highest BCUT2D eigenvalue weighted by atomic mass is 32.2. The second-order valence-electron chi connectivity index (χ2n) is 7.38. The first-order valence-corrected chi connectivity index (χ1v) is 11.9. The first-order valence-electron chi connectivity index (χ1n) is 10.9. The third-order valence-corrected chi connectivity index (χ3v) is 5.99. The van der Waals surface area contributed by atoms with E-state index in [0.717, 1.165) is 12.8 Å². The minimum absolute atomic E-state index is 0.0474. The fourth-order valence-electron chi connectivity index (χ4n) is 3.01. The smallest absolute Gasteiger partial charge is 0.304 e. The third-order valence-electron chi connectivity index (χ3n) is 4.70. The molecule has 0 aromatic rings. The lowest BCUT2D eigenvalue weighted by molar-refractivity contribution is -0.137. The summed E-state index contributed by atoms with van der Waals surface area (Å²) in [5, 5.41) is 27.7. The molecule has 0 fully saturated rings. The van der Waals surface area contributed by atoms with Gasteiger partial charge in [0.1, 0.15) is 0 Å². The molecule has 2 atom stereocenters. The number of carbonyl (C=O) groups is 2. The molecule has 0 aliphatic carbocycles. The van der Waals surface area contributed by atoms with Gasteiger partial charge in [-0.25, -0.2) is 0 Å². The van der Waals surface area contributed by atoms with Crippen LogP contribution in [0.3, 0.4) is 0 Å². The Morgan fingerprint density at radius 1 is 0.857 bits per heavy atom. The third kappa shape index (κ3) is 18.4. The monoisotopic (exact) mass is 416 g/mol. The van der Waals surface area contributed by atoms with E-state index in [1.54, 1.807) is 0 Å². The van der Waals surface area contributed by atoms with Crippen LogP contribution in [-0.2, 0) is 9.59 Å². The van der Waals surface area contributed by atoms with Crippen LogP contribution in [0.15, 0.2) is 12.2 Å². The molecule has 0 spiro atoms. The molecule has 0 heterocycles. The highest BCUT2D eigenvalue weighted by Gasteiger charge is 2.17. The number of thioether (sulfide) groups is 1. The van der Waals surface area contributed by atoms with E-state index in [2.05, 4.69) is 13.0 Å². The molecular weight excluding hydrogens is 376 g/mol. The van der Waals surface area contributed by atoms with Gasteiger partial charge >= 0.3 is 11.9 Å². The van der Waals surface area contributed by atoms with Gasteiger partial charge in [-0.15, -0.1) is 0 Å². The zero-order valence-electron chi connectivity index (χ0n) is 17.5. The van der Waals surface area contributed by atoms with Crippen molar-refractivity contribution in [3.8, 4) is 0 Å². The molecule has 0 aliphatic heterocycles. The lowest BCUT2D eigenvalue weighted by Gasteiger charge is -2.19. The Morgan fingerprint density at radius 2 is 1.43 bits per heavy atom. The van der Waals surface area contributed by atoms with Crippen LogP contribution in [0.4, 0.5) is 0 Å². The predicted octanol–water partition coefficient (Wildman–Crippen LogP) is 5.66. The normalized spacial score (nSPS) is 13.6. The number of hydrogen-bond acceptors (Lipinski definition) is 4. The fraction of sp³-hybridized carbons (Fsp3) is 0.818. The molecule has 0 radical (unpaired) electrons. The minimum atomic E-state index is -0.858. The summed E-state index contributed by atoms with van der Waals surface area (Å²) >= 11 is 1.43. The molecule has 6 heteroatoms. The molecule has 0 bridgehead atoms. The standard InChI is InChI=1S/C22H40O5S/c1-2-3-4-5-6-7-8-9-10-11-12-15-20(28-18-17-22(26)27)19(23)14-13-16-21(24)25/h12,15,19-20,23H,2-11,13-14,16-18H2,1H3,(H,24,25)(H,26,27)/t19-,20+/m0/s1. The number of aliphatic hydroxyl groups excluding tert-OH is 1. The molecule has 0 aromatic heterocycles. The summed E-state index contributed by atoms with van der Waals surface area (Å²) < 4.78 is 0. The Labute approximate surface area is 175 Å². The molecule has 0 unspecified atom stereocenters. The van der Waals surface area contributed by atoms with Crippen LogP contribution in [0.1, 0.15) is 96.8 Å². The lowest BCUT2D eigenvalue weighted by atomic mass is 10.1. The molecule has 0 saturated carbocycles. The largest absolute Gasteiger partial charge is 0.481 e. The average Bonchev–Trinajstić information content (AvgIpc) is 2.64. The SMILES string of the molecule is CCCCCCCCCCCC=C[C@@H](SCCC(=O)O)[C@@H](O)CCCC(=O)O. The maximum absolute atomic E-state index is 10.7. The van der Waals surface area contributed by atoms with Crippen LogP contribution < -0.4 is 0 Å². The Hall–Kier alpha value is -1.01. The van der Waals surface area contributed by atoms with Crippen LogP contribution in [0.25, 0.3) is 0 Å². The summed E-state index contributed by atoms with van der Waals surface area (Å²) in [4.78, 5) is 21.3. The summed E-state index contributed by atoms with van der Waals surface area (Å²) in [6.07, 6.45) is 16.9. The minimum Gasteiger partial charge on any atom is -0.481 e. The van der Waals surface area contributed by atoms with Gasteiger partial charge in [-0.1, -0.05) is 70.4 Å². The van der Waals surface area contributed by atoms with Crippen LogP contribution in [0.2, 0.25) is 0 Å². The molecule has 0 aromatic carbocycles. The average molecular weight is 417 g/mol. The Kier molecular flexibility index (Phi) is 18.6. The molecule has 164 valence electrons. The van der Waals surface area contributed by atoms with Gasteiger partial charge in [0.05, 0.1) is 12.5 Å². The maximum atomic E-state index is 10.7. The van der Waals surface area contributed by atoms with Crippen molar-refractivity contribution >= 4 is 23.7 Å². The Morgan fingerprint density at radius 3 is 2.00 bits per heavy atom. The van der Waals surface area contributed by atoms with E-state index in [-0.39, 0.29) is 18.1 Å². The van der Waals surface area contributed by atoms with Crippen molar-refractivity contribution in [1.82, 2.24) is 0 Å². The van der Waals surface area contributed by atoms with Crippen molar-refractivity contribution in [3.63, 3.8) is 0 Å². The maximum Gasteiger partial charge on any atom is 0.304 e. The first kappa shape index (κ1) is 27.0. The van der Waals surface area contributed by atoms with E-state index in [1.165, 1.54) is 63.1 Å². The van der Waals surface area contributed by atoms with E-state index in [1.807, 2.05) is 6.08 Å². The number of hydrogen-bond donors (Lipinski definition) is 3. The summed E-state index contributed by atoms with van der Waals surface area (Å²) in [5.41, 5.74) is 0. The lowest BCUT2D eigenvalue weighted by Crippen LogP contribution is -2.22. The van der Waals surface area contributed by atoms with Crippen molar-refractivity contribution in [1.29, 1.82) is 0 Å². The number of unbranched alkanes of at least 4 members (excludes halogenated alkanes) is 9. The van der Waals surface area contributed by atoms with E-state index in [0.29, 0.717) is 18.6 Å². The summed E-state index contributed by atoms with van der Waals surface area (Å²) in [6, 6.07) is 0. The van der Waals surface area contributed by atoms with Gasteiger partial charge in [-0.3, -0.25) is 9.59 Å².